The van der Waals surface area contributed by atoms with Crippen LogP contribution in [0.3, 0.4) is 0 Å². The first-order valence-electron chi connectivity index (χ1n) is 6.97. The zero-order chi connectivity index (χ0) is 16.9. The van der Waals surface area contributed by atoms with Crippen LogP contribution in [0.1, 0.15) is 0 Å². The lowest BCUT2D eigenvalue weighted by Crippen LogP contribution is -2.02. The highest BCUT2D eigenvalue weighted by molar-refractivity contribution is 6.32. The van der Waals surface area contributed by atoms with E-state index in [1.165, 1.54) is 18.3 Å². The summed E-state index contributed by atoms with van der Waals surface area (Å²) >= 11 is 6.09. The number of aromatic nitrogens is 3. The van der Waals surface area contributed by atoms with Crippen LogP contribution < -0.4 is 15.4 Å². The van der Waals surface area contributed by atoms with Gasteiger partial charge in [-0.1, -0.05) is 17.7 Å². The van der Waals surface area contributed by atoms with Crippen LogP contribution in [0.15, 0.2) is 48.7 Å². The molecule has 0 saturated heterocycles. The number of anilines is 4. The Kier molecular flexibility index (Phi) is 4.72. The highest BCUT2D eigenvalue weighted by Gasteiger charge is 2.05. The average molecular weight is 346 g/mol. The molecular weight excluding hydrogens is 333 g/mol. The zero-order valence-corrected chi connectivity index (χ0v) is 13.4. The van der Waals surface area contributed by atoms with E-state index in [1.807, 2.05) is 0 Å². The molecule has 0 aliphatic rings. The molecule has 0 saturated carbocycles. The largest absolute Gasteiger partial charge is 0.495 e. The van der Waals surface area contributed by atoms with Crippen LogP contribution in [0.5, 0.6) is 5.75 Å². The number of halogens is 2. The molecule has 122 valence electrons. The van der Waals surface area contributed by atoms with Gasteiger partial charge < -0.3 is 15.4 Å². The molecule has 8 heteroatoms. The Balaban J connectivity index is 1.76. The lowest BCUT2D eigenvalue weighted by Gasteiger charge is -2.09. The van der Waals surface area contributed by atoms with Gasteiger partial charge in [0.15, 0.2) is 5.82 Å². The molecule has 0 bridgehead atoms. The van der Waals surface area contributed by atoms with Gasteiger partial charge in [-0.25, -0.2) is 4.39 Å². The average Bonchev–Trinajstić information content (AvgIpc) is 2.55. The first-order valence-corrected chi connectivity index (χ1v) is 7.35. The summed E-state index contributed by atoms with van der Waals surface area (Å²) in [5.41, 5.74) is 1.25. The summed E-state index contributed by atoms with van der Waals surface area (Å²) in [6.45, 7) is 0. The van der Waals surface area contributed by atoms with E-state index < -0.39 is 0 Å². The first kappa shape index (κ1) is 15.9. The molecule has 0 unspecified atom stereocenters. The molecule has 0 amide bonds. The third-order valence-electron chi connectivity index (χ3n) is 3.06. The van der Waals surface area contributed by atoms with E-state index in [4.69, 9.17) is 16.3 Å². The Hall–Kier alpha value is -2.93. The Morgan fingerprint density at radius 1 is 1.08 bits per heavy atom. The van der Waals surface area contributed by atoms with E-state index in [0.717, 1.165) is 5.69 Å². The monoisotopic (exact) mass is 345 g/mol. The Morgan fingerprint density at radius 3 is 2.67 bits per heavy atom. The van der Waals surface area contributed by atoms with E-state index in [1.54, 1.807) is 37.4 Å². The standard InChI is InChI=1S/C16H13ClFN5O/c1-24-14-6-5-12(8-13(14)17)20-15-9-19-23-16(22-15)21-11-4-2-3-10(18)7-11/h2-9H,1H3,(H2,20,21,22,23). The molecule has 2 N–H and O–H groups in total. The maximum atomic E-state index is 13.2. The van der Waals surface area contributed by atoms with Gasteiger partial charge in [-0.3, -0.25) is 0 Å². The smallest absolute Gasteiger partial charge is 0.249 e. The van der Waals surface area contributed by atoms with Crippen molar-refractivity contribution < 1.29 is 9.13 Å². The van der Waals surface area contributed by atoms with Crippen LogP contribution >= 0.6 is 11.6 Å². The summed E-state index contributed by atoms with van der Waals surface area (Å²) in [5.74, 6) is 0.932. The van der Waals surface area contributed by atoms with Crippen molar-refractivity contribution in [2.45, 2.75) is 0 Å². The predicted octanol–water partition coefficient (Wildman–Crippen LogP) is 4.16. The molecule has 24 heavy (non-hydrogen) atoms. The lowest BCUT2D eigenvalue weighted by molar-refractivity contribution is 0.415. The van der Waals surface area contributed by atoms with Crippen molar-refractivity contribution in [1.29, 1.82) is 0 Å². The lowest BCUT2D eigenvalue weighted by atomic mass is 10.3. The molecule has 1 heterocycles. The number of nitrogens with one attached hydrogen (secondary N) is 2. The fourth-order valence-electron chi connectivity index (χ4n) is 2.00. The molecule has 0 spiro atoms. The third kappa shape index (κ3) is 3.88. The van der Waals surface area contributed by atoms with Gasteiger partial charge in [-0.15, -0.1) is 5.10 Å². The summed E-state index contributed by atoms with van der Waals surface area (Å²) in [5, 5.41) is 14.2. The van der Waals surface area contributed by atoms with Crippen molar-refractivity contribution in [3.8, 4) is 5.75 Å². The van der Waals surface area contributed by atoms with Gasteiger partial charge in [0, 0.05) is 11.4 Å². The highest BCUT2D eigenvalue weighted by Crippen LogP contribution is 2.28. The van der Waals surface area contributed by atoms with E-state index in [2.05, 4.69) is 25.8 Å². The van der Waals surface area contributed by atoms with Gasteiger partial charge in [0.1, 0.15) is 11.6 Å². The minimum absolute atomic E-state index is 0.241. The number of methoxy groups -OCH3 is 1. The van der Waals surface area contributed by atoms with Crippen LogP contribution in [0.4, 0.5) is 27.5 Å². The molecule has 0 atom stereocenters. The number of rotatable bonds is 5. The van der Waals surface area contributed by atoms with Crippen molar-refractivity contribution in [2.24, 2.45) is 0 Å². The number of nitrogens with zero attached hydrogens (tertiary/aromatic N) is 3. The Morgan fingerprint density at radius 2 is 1.92 bits per heavy atom. The van der Waals surface area contributed by atoms with Crippen LogP contribution in [0.25, 0.3) is 0 Å². The van der Waals surface area contributed by atoms with Crippen LogP contribution in [-0.4, -0.2) is 22.3 Å². The second-order valence-corrected chi connectivity index (χ2v) is 5.18. The van der Waals surface area contributed by atoms with Gasteiger partial charge in [-0.2, -0.15) is 10.1 Å². The van der Waals surface area contributed by atoms with Crippen molar-refractivity contribution >= 4 is 34.7 Å². The van der Waals surface area contributed by atoms with Gasteiger partial charge in [0.25, 0.3) is 0 Å². The summed E-state index contributed by atoms with van der Waals surface area (Å²) in [6, 6.07) is 11.2. The fourth-order valence-corrected chi connectivity index (χ4v) is 2.26. The second kappa shape index (κ2) is 7.10. The Labute approximate surface area is 142 Å². The van der Waals surface area contributed by atoms with Crippen LogP contribution in [-0.2, 0) is 0 Å². The summed E-state index contributed by atoms with van der Waals surface area (Å²) < 4.78 is 18.3. The number of hydrogen-bond donors (Lipinski definition) is 2. The fraction of sp³-hybridized carbons (Fsp3) is 0.0625. The molecule has 1 aromatic heterocycles. The zero-order valence-electron chi connectivity index (χ0n) is 12.6. The molecule has 0 aliphatic heterocycles. The quantitative estimate of drug-likeness (QED) is 0.723. The van der Waals surface area contributed by atoms with Gasteiger partial charge in [0.05, 0.1) is 18.3 Å². The van der Waals surface area contributed by atoms with E-state index in [-0.39, 0.29) is 11.8 Å². The molecule has 0 fully saturated rings. The third-order valence-corrected chi connectivity index (χ3v) is 3.36. The van der Waals surface area contributed by atoms with Gasteiger partial charge >= 0.3 is 0 Å². The normalized spacial score (nSPS) is 10.3. The number of hydrogen-bond acceptors (Lipinski definition) is 6. The topological polar surface area (TPSA) is 72.0 Å². The second-order valence-electron chi connectivity index (χ2n) is 4.77. The van der Waals surface area contributed by atoms with E-state index in [0.29, 0.717) is 22.3 Å². The highest BCUT2D eigenvalue weighted by atomic mass is 35.5. The van der Waals surface area contributed by atoms with Crippen molar-refractivity contribution in [2.75, 3.05) is 17.7 Å². The molecule has 6 nitrogen and oxygen atoms in total. The van der Waals surface area contributed by atoms with Crippen molar-refractivity contribution in [3.63, 3.8) is 0 Å². The van der Waals surface area contributed by atoms with E-state index >= 15 is 0 Å². The molecular formula is C16H13ClFN5O. The number of benzene rings is 2. The summed E-state index contributed by atoms with van der Waals surface area (Å²) in [4.78, 5) is 4.27. The predicted molar refractivity (Wildman–Crippen MR) is 90.8 cm³/mol. The minimum Gasteiger partial charge on any atom is -0.495 e. The maximum Gasteiger partial charge on any atom is 0.249 e. The Bertz CT molecular complexity index is 861. The molecule has 0 aliphatic carbocycles. The summed E-state index contributed by atoms with van der Waals surface area (Å²) in [6.07, 6.45) is 1.47. The molecule has 0 radical (unpaired) electrons. The maximum absolute atomic E-state index is 13.2. The van der Waals surface area contributed by atoms with Crippen molar-refractivity contribution in [1.82, 2.24) is 15.2 Å². The van der Waals surface area contributed by atoms with Gasteiger partial charge in [-0.05, 0) is 36.4 Å². The van der Waals surface area contributed by atoms with Crippen LogP contribution in [0, 0.1) is 5.82 Å². The molecule has 3 aromatic rings. The number of ether oxygens (including phenoxy) is 1. The first-order chi connectivity index (χ1) is 11.6. The minimum atomic E-state index is -0.352. The molecule has 2 aromatic carbocycles. The van der Waals surface area contributed by atoms with Crippen molar-refractivity contribution in [3.05, 3.63) is 59.5 Å². The van der Waals surface area contributed by atoms with Gasteiger partial charge in [0.2, 0.25) is 5.95 Å². The van der Waals surface area contributed by atoms with Crippen LogP contribution in [0.2, 0.25) is 5.02 Å². The SMILES string of the molecule is COc1ccc(Nc2cnnc(Nc3cccc(F)c3)n2)cc1Cl. The molecule has 3 rings (SSSR count). The summed E-state index contributed by atoms with van der Waals surface area (Å²) in [7, 11) is 1.55. The van der Waals surface area contributed by atoms with E-state index in [9.17, 15) is 4.39 Å².